The van der Waals surface area contributed by atoms with Crippen molar-refractivity contribution in [2.45, 2.75) is 50.6 Å². The highest BCUT2D eigenvalue weighted by molar-refractivity contribution is 5.32. The van der Waals surface area contributed by atoms with Gasteiger partial charge < -0.3 is 14.2 Å². The van der Waals surface area contributed by atoms with E-state index in [4.69, 9.17) is 9.47 Å². The molecule has 0 amide bonds. The van der Waals surface area contributed by atoms with Gasteiger partial charge in [-0.05, 0) is 51.3 Å². The highest BCUT2D eigenvalue weighted by atomic mass is 19.4. The van der Waals surface area contributed by atoms with E-state index >= 15 is 0 Å². The zero-order valence-electron chi connectivity index (χ0n) is 14.7. The molecular formula is C18H23F3N2O3. The van der Waals surface area contributed by atoms with E-state index in [1.54, 1.807) is 0 Å². The lowest BCUT2D eigenvalue weighted by Gasteiger charge is -2.34. The molecule has 0 bridgehead atoms. The lowest BCUT2D eigenvalue weighted by Crippen LogP contribution is -2.47. The molecule has 0 aromatic carbocycles. The Morgan fingerprint density at radius 3 is 2.96 bits per heavy atom. The molecule has 1 aromatic heterocycles. The Balaban J connectivity index is 1.63. The summed E-state index contributed by atoms with van der Waals surface area (Å²) in [4.78, 5) is 6.25. The van der Waals surface area contributed by atoms with E-state index < -0.39 is 12.1 Å². The molecule has 2 fully saturated rings. The Labute approximate surface area is 150 Å². The molecule has 0 unspecified atom stereocenters. The number of ether oxygens (including phenoxy) is 3. The maximum absolute atomic E-state index is 12.5. The summed E-state index contributed by atoms with van der Waals surface area (Å²) in [7, 11) is 0. The van der Waals surface area contributed by atoms with Crippen LogP contribution in [-0.2, 0) is 4.74 Å². The second kappa shape index (κ2) is 7.34. The summed E-state index contributed by atoms with van der Waals surface area (Å²) in [5, 5.41) is 0. The van der Waals surface area contributed by atoms with Crippen LogP contribution in [0.1, 0.15) is 32.6 Å². The Kier molecular flexibility index (Phi) is 5.32. The number of fused-ring (bicyclic) bond motifs is 1. The first kappa shape index (κ1) is 18.8. The van der Waals surface area contributed by atoms with E-state index in [0.29, 0.717) is 12.4 Å². The highest BCUT2D eigenvalue weighted by Gasteiger charge is 2.50. The first-order valence-corrected chi connectivity index (χ1v) is 8.68. The van der Waals surface area contributed by atoms with Crippen LogP contribution in [-0.4, -0.2) is 47.6 Å². The molecule has 26 heavy (non-hydrogen) atoms. The molecule has 0 spiro atoms. The second-order valence-electron chi connectivity index (χ2n) is 6.87. The van der Waals surface area contributed by atoms with E-state index in [0.717, 1.165) is 32.2 Å². The number of nitrogens with zero attached hydrogens (tertiary/aromatic N) is 2. The molecule has 2 aliphatic rings. The number of pyridine rings is 1. The van der Waals surface area contributed by atoms with Crippen LogP contribution in [0, 0.1) is 0 Å². The van der Waals surface area contributed by atoms with Gasteiger partial charge in [-0.15, -0.1) is 13.2 Å². The minimum absolute atomic E-state index is 0.0254. The number of hydrogen-bond donors (Lipinski definition) is 0. The van der Waals surface area contributed by atoms with Crippen molar-refractivity contribution in [1.82, 2.24) is 9.88 Å². The molecule has 5 nitrogen and oxygen atoms in total. The molecule has 8 heteroatoms. The standard InChI is InChI=1S/C18H23F3N2O3/c1-13(2)25-12-17-7-4-10-23(17)14(6-8-17)11-24-16-15(5-3-9-22-16)26-18(19,20)21/h3,5,9,14H,1,4,6-8,10-12H2,2H3/t14-,17-/m0/s1. The van der Waals surface area contributed by atoms with Gasteiger partial charge in [-0.25, -0.2) is 4.98 Å². The monoisotopic (exact) mass is 372 g/mol. The normalized spacial score (nSPS) is 25.8. The Morgan fingerprint density at radius 2 is 2.23 bits per heavy atom. The van der Waals surface area contributed by atoms with Crippen molar-refractivity contribution in [2.24, 2.45) is 0 Å². The molecule has 2 saturated heterocycles. The van der Waals surface area contributed by atoms with Crippen molar-refractivity contribution in [3.63, 3.8) is 0 Å². The van der Waals surface area contributed by atoms with Gasteiger partial charge >= 0.3 is 6.36 Å². The molecule has 1 aromatic rings. The predicted octanol–water partition coefficient (Wildman–Crippen LogP) is 3.91. The molecule has 3 heterocycles. The molecule has 0 saturated carbocycles. The number of aromatic nitrogens is 1. The molecule has 144 valence electrons. The van der Waals surface area contributed by atoms with Crippen molar-refractivity contribution in [1.29, 1.82) is 0 Å². The Hall–Kier alpha value is -1.96. The van der Waals surface area contributed by atoms with Gasteiger partial charge in [-0.1, -0.05) is 6.58 Å². The van der Waals surface area contributed by atoms with Crippen LogP contribution >= 0.6 is 0 Å². The number of rotatable bonds is 7. The van der Waals surface area contributed by atoms with Crippen LogP contribution in [0.5, 0.6) is 11.6 Å². The van der Waals surface area contributed by atoms with E-state index in [1.807, 2.05) is 6.92 Å². The summed E-state index contributed by atoms with van der Waals surface area (Å²) in [6.07, 6.45) is 0.599. The van der Waals surface area contributed by atoms with E-state index in [-0.39, 0.29) is 24.1 Å². The topological polar surface area (TPSA) is 43.8 Å². The minimum Gasteiger partial charge on any atom is -0.497 e. The van der Waals surface area contributed by atoms with Gasteiger partial charge in [-0.3, -0.25) is 4.90 Å². The van der Waals surface area contributed by atoms with Crippen LogP contribution in [0.15, 0.2) is 30.7 Å². The summed E-state index contributed by atoms with van der Waals surface area (Å²) in [6.45, 7) is 7.39. The first-order valence-electron chi connectivity index (χ1n) is 8.68. The van der Waals surface area contributed by atoms with Crippen LogP contribution in [0.25, 0.3) is 0 Å². The van der Waals surface area contributed by atoms with Crippen molar-refractivity contribution in [2.75, 3.05) is 19.8 Å². The summed E-state index contributed by atoms with van der Waals surface area (Å²) < 4.78 is 52.8. The minimum atomic E-state index is -4.78. The SMILES string of the molecule is C=C(C)OC[C@@]12CCCN1[C@H](COc1ncccc1OC(F)(F)F)CC2. The zero-order chi connectivity index (χ0) is 18.8. The van der Waals surface area contributed by atoms with Gasteiger partial charge in [0, 0.05) is 12.2 Å². The van der Waals surface area contributed by atoms with Crippen LogP contribution in [0.2, 0.25) is 0 Å². The van der Waals surface area contributed by atoms with Gasteiger partial charge in [-0.2, -0.15) is 0 Å². The van der Waals surface area contributed by atoms with E-state index in [2.05, 4.69) is 21.2 Å². The number of alkyl halides is 3. The smallest absolute Gasteiger partial charge is 0.497 e. The van der Waals surface area contributed by atoms with Gasteiger partial charge in [0.15, 0.2) is 5.75 Å². The summed E-state index contributed by atoms with van der Waals surface area (Å²) in [5.41, 5.74) is -0.0254. The highest BCUT2D eigenvalue weighted by Crippen LogP contribution is 2.43. The third-order valence-corrected chi connectivity index (χ3v) is 5.00. The van der Waals surface area contributed by atoms with Crippen molar-refractivity contribution >= 4 is 0 Å². The fourth-order valence-electron chi connectivity index (χ4n) is 3.91. The molecular weight excluding hydrogens is 349 g/mol. The molecule has 0 radical (unpaired) electrons. The number of hydrogen-bond acceptors (Lipinski definition) is 5. The fraction of sp³-hybridized carbons (Fsp3) is 0.611. The van der Waals surface area contributed by atoms with E-state index in [9.17, 15) is 13.2 Å². The molecule has 0 N–H and O–H groups in total. The Morgan fingerprint density at radius 1 is 1.42 bits per heavy atom. The third-order valence-electron chi connectivity index (χ3n) is 5.00. The van der Waals surface area contributed by atoms with Gasteiger partial charge in [0.2, 0.25) is 0 Å². The van der Waals surface area contributed by atoms with Crippen LogP contribution in [0.3, 0.4) is 0 Å². The maximum atomic E-state index is 12.5. The molecule has 3 rings (SSSR count). The zero-order valence-corrected chi connectivity index (χ0v) is 14.7. The van der Waals surface area contributed by atoms with Crippen LogP contribution in [0.4, 0.5) is 13.2 Å². The van der Waals surface area contributed by atoms with Gasteiger partial charge in [0.05, 0.1) is 11.3 Å². The molecule has 2 atom stereocenters. The average Bonchev–Trinajstić information content (AvgIpc) is 3.10. The van der Waals surface area contributed by atoms with Crippen molar-refractivity contribution < 1.29 is 27.4 Å². The average molecular weight is 372 g/mol. The summed E-state index contributed by atoms with van der Waals surface area (Å²) >= 11 is 0. The summed E-state index contributed by atoms with van der Waals surface area (Å²) in [6, 6.07) is 2.70. The molecule has 2 aliphatic heterocycles. The predicted molar refractivity (Wildman–Crippen MR) is 88.9 cm³/mol. The number of allylic oxidation sites excluding steroid dienone is 1. The lowest BCUT2D eigenvalue weighted by atomic mass is 9.95. The fourth-order valence-corrected chi connectivity index (χ4v) is 3.91. The largest absolute Gasteiger partial charge is 0.573 e. The van der Waals surface area contributed by atoms with Crippen molar-refractivity contribution in [3.05, 3.63) is 30.7 Å². The lowest BCUT2D eigenvalue weighted by molar-refractivity contribution is -0.275. The maximum Gasteiger partial charge on any atom is 0.573 e. The van der Waals surface area contributed by atoms with Gasteiger partial charge in [0.25, 0.3) is 5.88 Å². The Bertz CT molecular complexity index is 653. The number of halogens is 3. The van der Waals surface area contributed by atoms with E-state index in [1.165, 1.54) is 18.3 Å². The first-order chi connectivity index (χ1) is 12.3. The van der Waals surface area contributed by atoms with Crippen LogP contribution < -0.4 is 9.47 Å². The van der Waals surface area contributed by atoms with Crippen molar-refractivity contribution in [3.8, 4) is 11.6 Å². The second-order valence-corrected chi connectivity index (χ2v) is 6.87. The molecule has 0 aliphatic carbocycles. The quantitative estimate of drug-likeness (QED) is 0.679. The third kappa shape index (κ3) is 4.23. The van der Waals surface area contributed by atoms with Gasteiger partial charge in [0.1, 0.15) is 13.2 Å². The summed E-state index contributed by atoms with van der Waals surface area (Å²) in [5.74, 6) is 0.129.